The zero-order chi connectivity index (χ0) is 11.8. The standard InChI is InChI=1S/C13H15F2NO/c14-9-5-6-10(15)13-12(9)11(2-1-7-17-13)16-8-3-4-8/h5-6,8,11,16H,1-4,7H2. The zero-order valence-electron chi connectivity index (χ0n) is 9.51. The molecule has 1 heterocycles. The molecule has 1 N–H and O–H groups in total. The topological polar surface area (TPSA) is 21.3 Å². The van der Waals surface area contributed by atoms with Crippen LogP contribution in [-0.2, 0) is 0 Å². The lowest BCUT2D eigenvalue weighted by Gasteiger charge is -2.19. The Morgan fingerprint density at radius 2 is 1.88 bits per heavy atom. The highest BCUT2D eigenvalue weighted by molar-refractivity contribution is 5.39. The van der Waals surface area contributed by atoms with Crippen molar-refractivity contribution in [3.8, 4) is 5.75 Å². The molecule has 0 radical (unpaired) electrons. The van der Waals surface area contributed by atoms with E-state index in [-0.39, 0.29) is 17.6 Å². The maximum atomic E-state index is 13.9. The minimum absolute atomic E-state index is 0.0978. The molecule has 2 aliphatic rings. The van der Waals surface area contributed by atoms with Gasteiger partial charge in [0, 0.05) is 17.6 Å². The minimum Gasteiger partial charge on any atom is -0.490 e. The number of benzene rings is 1. The zero-order valence-corrected chi connectivity index (χ0v) is 9.51. The first kappa shape index (κ1) is 11.0. The normalized spacial score (nSPS) is 23.8. The lowest BCUT2D eigenvalue weighted by atomic mass is 10.0. The van der Waals surface area contributed by atoms with Crippen LogP contribution < -0.4 is 10.1 Å². The maximum Gasteiger partial charge on any atom is 0.165 e. The summed E-state index contributed by atoms with van der Waals surface area (Å²) in [5.74, 6) is -0.743. The van der Waals surface area contributed by atoms with E-state index in [1.165, 1.54) is 6.07 Å². The Labute approximate surface area is 99.0 Å². The van der Waals surface area contributed by atoms with Crippen LogP contribution in [-0.4, -0.2) is 12.6 Å². The van der Waals surface area contributed by atoms with Crippen molar-refractivity contribution in [3.63, 3.8) is 0 Å². The summed E-state index contributed by atoms with van der Waals surface area (Å²) in [7, 11) is 0. The largest absolute Gasteiger partial charge is 0.490 e. The first-order valence-electron chi connectivity index (χ1n) is 6.12. The fourth-order valence-electron chi connectivity index (χ4n) is 2.33. The summed E-state index contributed by atoms with van der Waals surface area (Å²) in [5.41, 5.74) is 0.370. The average molecular weight is 239 g/mol. The SMILES string of the molecule is Fc1ccc(F)c2c1OCCCC2NC1CC1. The molecule has 0 saturated heterocycles. The molecule has 1 unspecified atom stereocenters. The smallest absolute Gasteiger partial charge is 0.165 e. The van der Waals surface area contributed by atoms with Crippen LogP contribution in [0.3, 0.4) is 0 Å². The molecular weight excluding hydrogens is 224 g/mol. The van der Waals surface area contributed by atoms with Crippen LogP contribution in [0.25, 0.3) is 0 Å². The highest BCUT2D eigenvalue weighted by atomic mass is 19.1. The number of halogens is 2. The van der Waals surface area contributed by atoms with Crippen LogP contribution in [0.4, 0.5) is 8.78 Å². The van der Waals surface area contributed by atoms with Gasteiger partial charge in [-0.05, 0) is 37.8 Å². The molecule has 1 aliphatic heterocycles. The first-order chi connectivity index (χ1) is 8.25. The second kappa shape index (κ2) is 4.26. The molecule has 0 amide bonds. The Hall–Kier alpha value is -1.16. The van der Waals surface area contributed by atoms with E-state index < -0.39 is 5.82 Å². The minimum atomic E-state index is -0.467. The van der Waals surface area contributed by atoms with Crippen molar-refractivity contribution >= 4 is 0 Å². The Kier molecular flexibility index (Phi) is 2.74. The van der Waals surface area contributed by atoms with Gasteiger partial charge in [0.2, 0.25) is 0 Å². The molecule has 1 aromatic rings. The molecule has 1 aliphatic carbocycles. The lowest BCUT2D eigenvalue weighted by Crippen LogP contribution is -2.24. The summed E-state index contributed by atoms with van der Waals surface area (Å²) in [4.78, 5) is 0. The summed E-state index contributed by atoms with van der Waals surface area (Å²) < 4.78 is 32.8. The van der Waals surface area contributed by atoms with Gasteiger partial charge in [-0.25, -0.2) is 8.78 Å². The second-order valence-electron chi connectivity index (χ2n) is 4.76. The molecule has 3 rings (SSSR count). The molecule has 0 aromatic heterocycles. The molecule has 4 heteroatoms. The summed E-state index contributed by atoms with van der Waals surface area (Å²) >= 11 is 0. The van der Waals surface area contributed by atoms with Crippen molar-refractivity contribution in [2.24, 2.45) is 0 Å². The molecule has 1 saturated carbocycles. The van der Waals surface area contributed by atoms with E-state index in [0.717, 1.165) is 31.7 Å². The molecule has 0 spiro atoms. The van der Waals surface area contributed by atoms with Gasteiger partial charge in [-0.3, -0.25) is 0 Å². The Balaban J connectivity index is 1.99. The summed E-state index contributed by atoms with van der Waals surface area (Å²) in [5, 5.41) is 3.37. The van der Waals surface area contributed by atoms with Gasteiger partial charge >= 0.3 is 0 Å². The van der Waals surface area contributed by atoms with Crippen LogP contribution in [0.15, 0.2) is 12.1 Å². The van der Waals surface area contributed by atoms with Crippen LogP contribution in [0, 0.1) is 11.6 Å². The molecule has 17 heavy (non-hydrogen) atoms. The Morgan fingerprint density at radius 3 is 2.65 bits per heavy atom. The van der Waals surface area contributed by atoms with Gasteiger partial charge in [-0.2, -0.15) is 0 Å². The number of rotatable bonds is 2. The van der Waals surface area contributed by atoms with Crippen LogP contribution in [0.5, 0.6) is 5.75 Å². The average Bonchev–Trinajstić information content (AvgIpc) is 3.12. The second-order valence-corrected chi connectivity index (χ2v) is 4.76. The van der Waals surface area contributed by atoms with Crippen LogP contribution >= 0.6 is 0 Å². The predicted molar refractivity (Wildman–Crippen MR) is 60.0 cm³/mol. The highest BCUT2D eigenvalue weighted by Crippen LogP contribution is 2.37. The Morgan fingerprint density at radius 1 is 1.12 bits per heavy atom. The molecule has 2 nitrogen and oxygen atoms in total. The summed E-state index contributed by atoms with van der Waals surface area (Å²) in [6.07, 6.45) is 3.87. The summed E-state index contributed by atoms with van der Waals surface area (Å²) in [6.45, 7) is 0.455. The Bertz CT molecular complexity index is 432. The number of ether oxygens (including phenoxy) is 1. The lowest BCUT2D eigenvalue weighted by molar-refractivity contribution is 0.299. The third-order valence-electron chi connectivity index (χ3n) is 3.34. The highest BCUT2D eigenvalue weighted by Gasteiger charge is 2.31. The molecule has 1 fully saturated rings. The maximum absolute atomic E-state index is 13.9. The van der Waals surface area contributed by atoms with Gasteiger partial charge in [0.1, 0.15) is 5.82 Å². The van der Waals surface area contributed by atoms with Gasteiger partial charge in [0.15, 0.2) is 11.6 Å². The van der Waals surface area contributed by atoms with Crippen molar-refractivity contribution in [1.29, 1.82) is 0 Å². The van der Waals surface area contributed by atoms with E-state index in [9.17, 15) is 8.78 Å². The van der Waals surface area contributed by atoms with Gasteiger partial charge in [-0.1, -0.05) is 0 Å². The fourth-order valence-corrected chi connectivity index (χ4v) is 2.33. The number of fused-ring (bicyclic) bond motifs is 1. The van der Waals surface area contributed by atoms with Crippen molar-refractivity contribution in [3.05, 3.63) is 29.3 Å². The van der Waals surface area contributed by atoms with E-state index in [1.54, 1.807) is 0 Å². The predicted octanol–water partition coefficient (Wildman–Crippen LogP) is 2.93. The van der Waals surface area contributed by atoms with E-state index in [4.69, 9.17) is 4.74 Å². The number of hydrogen-bond acceptors (Lipinski definition) is 2. The van der Waals surface area contributed by atoms with E-state index in [2.05, 4.69) is 5.32 Å². The number of nitrogens with one attached hydrogen (secondary N) is 1. The van der Waals surface area contributed by atoms with Gasteiger partial charge < -0.3 is 10.1 Å². The van der Waals surface area contributed by atoms with E-state index >= 15 is 0 Å². The third-order valence-corrected chi connectivity index (χ3v) is 3.34. The van der Waals surface area contributed by atoms with Gasteiger partial charge in [-0.15, -0.1) is 0 Å². The first-order valence-corrected chi connectivity index (χ1v) is 6.12. The molecule has 92 valence electrons. The molecular formula is C13H15F2NO. The fraction of sp³-hybridized carbons (Fsp3) is 0.538. The van der Waals surface area contributed by atoms with Gasteiger partial charge in [0.05, 0.1) is 6.61 Å². The van der Waals surface area contributed by atoms with Crippen LogP contribution in [0.1, 0.15) is 37.3 Å². The quantitative estimate of drug-likeness (QED) is 0.856. The monoisotopic (exact) mass is 239 g/mol. The third kappa shape index (κ3) is 2.14. The van der Waals surface area contributed by atoms with Crippen LogP contribution in [0.2, 0.25) is 0 Å². The van der Waals surface area contributed by atoms with Crippen molar-refractivity contribution < 1.29 is 13.5 Å². The van der Waals surface area contributed by atoms with Crippen molar-refractivity contribution in [2.75, 3.05) is 6.61 Å². The number of hydrogen-bond donors (Lipinski definition) is 1. The molecule has 1 aromatic carbocycles. The van der Waals surface area contributed by atoms with E-state index in [0.29, 0.717) is 18.2 Å². The van der Waals surface area contributed by atoms with E-state index in [1.807, 2.05) is 0 Å². The molecule has 1 atom stereocenters. The van der Waals surface area contributed by atoms with Crippen molar-refractivity contribution in [2.45, 2.75) is 37.8 Å². The molecule has 0 bridgehead atoms. The van der Waals surface area contributed by atoms with Gasteiger partial charge in [0.25, 0.3) is 0 Å². The van der Waals surface area contributed by atoms with Crippen molar-refractivity contribution in [1.82, 2.24) is 5.32 Å². The summed E-state index contributed by atoms with van der Waals surface area (Å²) in [6, 6.07) is 2.67.